The van der Waals surface area contributed by atoms with Crippen LogP contribution in [0.1, 0.15) is 43.0 Å². The monoisotopic (exact) mass is 766 g/mol. The van der Waals surface area contributed by atoms with Gasteiger partial charge in [0.2, 0.25) is 5.71 Å². The molecule has 227 valence electrons. The van der Waals surface area contributed by atoms with E-state index in [4.69, 9.17) is 14.4 Å². The average molecular weight is 766 g/mol. The maximum atomic E-state index is 6.33. The Morgan fingerprint density at radius 2 is 1.44 bits per heavy atom. The summed E-state index contributed by atoms with van der Waals surface area (Å²) in [5, 5.41) is 2.04. The summed E-state index contributed by atoms with van der Waals surface area (Å²) in [5.41, 5.74) is 12.2. The molecule has 0 bridgehead atoms. The molecule has 0 aliphatic carbocycles. The maximum Gasteiger partial charge on any atom is 0.216 e. The van der Waals surface area contributed by atoms with Crippen molar-refractivity contribution in [3.05, 3.63) is 138 Å². The summed E-state index contributed by atoms with van der Waals surface area (Å²) in [7, 11) is 0. The minimum absolute atomic E-state index is 0. The van der Waals surface area contributed by atoms with Crippen molar-refractivity contribution in [3.63, 3.8) is 0 Å². The van der Waals surface area contributed by atoms with Gasteiger partial charge in [-0.25, -0.2) is 4.98 Å². The molecule has 0 atom stereocenters. The van der Waals surface area contributed by atoms with Crippen molar-refractivity contribution in [2.24, 2.45) is 0 Å². The molecule has 0 unspecified atom stereocenters. The van der Waals surface area contributed by atoms with Gasteiger partial charge in [-0.05, 0) is 72.5 Å². The zero-order valence-corrected chi connectivity index (χ0v) is 28.8. The van der Waals surface area contributed by atoms with Gasteiger partial charge in [-0.2, -0.15) is 0 Å². The number of furan rings is 1. The van der Waals surface area contributed by atoms with Gasteiger partial charge in [0, 0.05) is 43.4 Å². The standard InChI is InChI=1S/C29H27N2O.C11H8N.Ir/c1-17-9-7-10-18(2)26(17)24-14-13-21-20-11-8-12-22(27(20)32-28(21)31-24)25-15-19(3)23(16-30-25)29(4,5)6;1-2-6-10(7-3-1)11-8-4-5-9-12-11;/h7-11,13-16H,1-6H3;1-6,8-9H;/q2*-1;. The molecule has 0 aliphatic heterocycles. The molecule has 45 heavy (non-hydrogen) atoms. The molecule has 4 heterocycles. The number of aryl methyl sites for hydroxylation is 3. The predicted molar refractivity (Wildman–Crippen MR) is 180 cm³/mol. The number of aromatic nitrogens is 3. The Morgan fingerprint density at radius 3 is 2.11 bits per heavy atom. The summed E-state index contributed by atoms with van der Waals surface area (Å²) in [4.78, 5) is 13.9. The number of hydrogen-bond acceptors (Lipinski definition) is 4. The van der Waals surface area contributed by atoms with Gasteiger partial charge >= 0.3 is 0 Å². The molecule has 0 spiro atoms. The first kappa shape index (κ1) is 32.0. The van der Waals surface area contributed by atoms with Crippen molar-refractivity contribution in [3.8, 4) is 33.8 Å². The second-order valence-electron chi connectivity index (χ2n) is 12.1. The van der Waals surface area contributed by atoms with Crippen molar-refractivity contribution < 1.29 is 24.5 Å². The fraction of sp³-hybridized carbons (Fsp3) is 0.175. The topological polar surface area (TPSA) is 51.8 Å². The van der Waals surface area contributed by atoms with Crippen molar-refractivity contribution in [1.82, 2.24) is 15.0 Å². The Labute approximate surface area is 279 Å². The Morgan fingerprint density at radius 1 is 0.667 bits per heavy atom. The Balaban J connectivity index is 0.000000258. The molecule has 7 aromatic rings. The fourth-order valence-corrected chi connectivity index (χ4v) is 5.72. The Hall–Kier alpha value is -4.44. The average Bonchev–Trinajstić information content (AvgIpc) is 3.40. The van der Waals surface area contributed by atoms with E-state index in [9.17, 15) is 0 Å². The molecule has 0 saturated carbocycles. The van der Waals surface area contributed by atoms with Crippen LogP contribution in [0.4, 0.5) is 0 Å². The molecule has 0 amide bonds. The van der Waals surface area contributed by atoms with Gasteiger partial charge in [-0.3, -0.25) is 0 Å². The van der Waals surface area contributed by atoms with Crippen LogP contribution in [0.5, 0.6) is 0 Å². The summed E-state index contributed by atoms with van der Waals surface area (Å²) >= 11 is 0. The van der Waals surface area contributed by atoms with E-state index in [1.165, 1.54) is 22.3 Å². The summed E-state index contributed by atoms with van der Waals surface area (Å²) in [6, 6.07) is 36.8. The molecular formula is C40H35IrN3O-2. The Kier molecular flexibility index (Phi) is 9.43. The largest absolute Gasteiger partial charge is 0.486 e. The van der Waals surface area contributed by atoms with Gasteiger partial charge in [0.1, 0.15) is 0 Å². The minimum atomic E-state index is 0. The molecule has 0 aliphatic rings. The van der Waals surface area contributed by atoms with E-state index in [-0.39, 0.29) is 25.5 Å². The van der Waals surface area contributed by atoms with Crippen LogP contribution in [0.15, 0.2) is 108 Å². The third-order valence-corrected chi connectivity index (χ3v) is 7.86. The summed E-state index contributed by atoms with van der Waals surface area (Å²) in [6.45, 7) is 13.0. The minimum Gasteiger partial charge on any atom is -0.486 e. The maximum absolute atomic E-state index is 6.33. The van der Waals surface area contributed by atoms with Crippen molar-refractivity contribution in [2.45, 2.75) is 47.0 Å². The summed E-state index contributed by atoms with van der Waals surface area (Å²) in [6.07, 6.45) is 3.77. The van der Waals surface area contributed by atoms with Gasteiger partial charge < -0.3 is 14.4 Å². The SMILES string of the molecule is Cc1cc(-c2[c-]ccc3c2oc2nc(-c4c(C)cccc4C)ccc23)ncc1C(C)(C)C.[Ir].[c-]1ccccc1-c1ccccn1. The van der Waals surface area contributed by atoms with E-state index in [0.717, 1.165) is 50.1 Å². The second-order valence-corrected chi connectivity index (χ2v) is 12.1. The van der Waals surface area contributed by atoms with Gasteiger partial charge in [0.05, 0.1) is 11.3 Å². The van der Waals surface area contributed by atoms with E-state index < -0.39 is 0 Å². The molecule has 4 aromatic heterocycles. The second kappa shape index (κ2) is 13.3. The van der Waals surface area contributed by atoms with Gasteiger partial charge in [-0.15, -0.1) is 54.1 Å². The molecule has 0 fully saturated rings. The van der Waals surface area contributed by atoms with Crippen molar-refractivity contribution >= 4 is 22.1 Å². The predicted octanol–water partition coefficient (Wildman–Crippen LogP) is 10.3. The van der Waals surface area contributed by atoms with E-state index in [1.807, 2.05) is 60.8 Å². The van der Waals surface area contributed by atoms with Crippen molar-refractivity contribution in [1.29, 1.82) is 0 Å². The third kappa shape index (κ3) is 6.66. The number of pyridine rings is 3. The van der Waals surface area contributed by atoms with Gasteiger partial charge in [0.25, 0.3) is 0 Å². The molecule has 5 heteroatoms. The first-order valence-corrected chi connectivity index (χ1v) is 14.9. The van der Waals surface area contributed by atoms with Crippen LogP contribution in [0.25, 0.3) is 55.8 Å². The van der Waals surface area contributed by atoms with Crippen LogP contribution >= 0.6 is 0 Å². The van der Waals surface area contributed by atoms with Crippen LogP contribution < -0.4 is 0 Å². The Bertz CT molecular complexity index is 2020. The smallest absolute Gasteiger partial charge is 0.216 e. The molecule has 7 rings (SSSR count). The zero-order valence-electron chi connectivity index (χ0n) is 26.4. The number of hydrogen-bond donors (Lipinski definition) is 0. The van der Waals surface area contributed by atoms with Crippen molar-refractivity contribution in [2.75, 3.05) is 0 Å². The molecule has 3 aromatic carbocycles. The van der Waals surface area contributed by atoms with Crippen LogP contribution in [0.2, 0.25) is 0 Å². The van der Waals surface area contributed by atoms with Crippen LogP contribution in [-0.4, -0.2) is 15.0 Å². The zero-order chi connectivity index (χ0) is 30.8. The number of benzene rings is 3. The number of nitrogens with zero attached hydrogens (tertiary/aromatic N) is 3. The summed E-state index contributed by atoms with van der Waals surface area (Å²) in [5.74, 6) is 0. The van der Waals surface area contributed by atoms with Gasteiger partial charge in [-0.1, -0.05) is 73.7 Å². The summed E-state index contributed by atoms with van der Waals surface area (Å²) < 4.78 is 6.33. The van der Waals surface area contributed by atoms with Gasteiger partial charge in [0.15, 0.2) is 0 Å². The molecule has 0 N–H and O–H groups in total. The number of fused-ring (bicyclic) bond motifs is 3. The third-order valence-electron chi connectivity index (χ3n) is 7.86. The first-order valence-electron chi connectivity index (χ1n) is 14.9. The van der Waals surface area contributed by atoms with E-state index >= 15 is 0 Å². The first-order chi connectivity index (χ1) is 21.2. The molecular weight excluding hydrogens is 731 g/mol. The molecule has 1 radical (unpaired) electrons. The molecule has 0 saturated heterocycles. The van der Waals surface area contributed by atoms with E-state index in [1.54, 1.807) is 6.20 Å². The van der Waals surface area contributed by atoms with E-state index in [2.05, 4.69) is 95.1 Å². The quantitative estimate of drug-likeness (QED) is 0.168. The van der Waals surface area contributed by atoms with Crippen LogP contribution in [0, 0.1) is 32.9 Å². The fourth-order valence-electron chi connectivity index (χ4n) is 5.72. The normalized spacial score (nSPS) is 11.2. The van der Waals surface area contributed by atoms with E-state index in [0.29, 0.717) is 5.71 Å². The molecule has 4 nitrogen and oxygen atoms in total. The van der Waals surface area contributed by atoms with Crippen LogP contribution in [-0.2, 0) is 25.5 Å². The van der Waals surface area contributed by atoms with Crippen LogP contribution in [0.3, 0.4) is 0 Å². The number of rotatable bonds is 3.